The van der Waals surface area contributed by atoms with Gasteiger partial charge in [-0.1, -0.05) is 0 Å². The van der Waals surface area contributed by atoms with Crippen LogP contribution in [0.1, 0.15) is 19.3 Å². The van der Waals surface area contributed by atoms with E-state index in [1.807, 2.05) is 0 Å². The van der Waals surface area contributed by atoms with Crippen LogP contribution in [-0.4, -0.2) is 56.5 Å². The minimum absolute atomic E-state index is 0. The molecule has 2 aliphatic rings. The second-order valence-corrected chi connectivity index (χ2v) is 4.50. The van der Waals surface area contributed by atoms with Crippen LogP contribution in [-0.2, 0) is 4.74 Å². The summed E-state index contributed by atoms with van der Waals surface area (Å²) in [7, 11) is 0. The summed E-state index contributed by atoms with van der Waals surface area (Å²) >= 11 is 0. The Balaban J connectivity index is 0.00000128. The first-order valence-corrected chi connectivity index (χ1v) is 6.03. The zero-order valence-electron chi connectivity index (χ0n) is 9.66. The Morgan fingerprint density at radius 3 is 2.69 bits per heavy atom. The van der Waals surface area contributed by atoms with Crippen LogP contribution in [0.25, 0.3) is 0 Å². The van der Waals surface area contributed by atoms with E-state index in [1.54, 1.807) is 0 Å². The van der Waals surface area contributed by atoms with Gasteiger partial charge in [0, 0.05) is 32.7 Å². The fourth-order valence-electron chi connectivity index (χ4n) is 2.26. The molecule has 2 fully saturated rings. The second-order valence-electron chi connectivity index (χ2n) is 4.50. The summed E-state index contributed by atoms with van der Waals surface area (Å²) in [4.78, 5) is 2.36. The van der Waals surface area contributed by atoms with Crippen molar-refractivity contribution in [2.45, 2.75) is 31.5 Å². The molecule has 0 saturated carbocycles. The summed E-state index contributed by atoms with van der Waals surface area (Å²) in [6, 6.07) is 0. The van der Waals surface area contributed by atoms with Crippen LogP contribution in [0.3, 0.4) is 0 Å². The summed E-state index contributed by atoms with van der Waals surface area (Å²) in [6.45, 7) is 5.67. The number of hydrogen-bond acceptors (Lipinski definition) is 3. The van der Waals surface area contributed by atoms with Crippen molar-refractivity contribution in [3.8, 4) is 0 Å². The van der Waals surface area contributed by atoms with Crippen LogP contribution >= 0.6 is 12.4 Å². The minimum Gasteiger partial charge on any atom is -0.376 e. The molecule has 0 bridgehead atoms. The number of morpholine rings is 1. The van der Waals surface area contributed by atoms with Gasteiger partial charge in [0.2, 0.25) is 0 Å². The van der Waals surface area contributed by atoms with Crippen LogP contribution in [0.2, 0.25) is 0 Å². The van der Waals surface area contributed by atoms with E-state index in [0.717, 1.165) is 45.8 Å². The van der Waals surface area contributed by atoms with Gasteiger partial charge in [0.1, 0.15) is 6.17 Å². The van der Waals surface area contributed by atoms with Gasteiger partial charge in [-0.2, -0.15) is 0 Å². The van der Waals surface area contributed by atoms with E-state index in [1.165, 1.54) is 0 Å². The molecule has 96 valence electrons. The molecule has 2 saturated heterocycles. The van der Waals surface area contributed by atoms with E-state index in [-0.39, 0.29) is 12.4 Å². The lowest BCUT2D eigenvalue weighted by Crippen LogP contribution is -2.42. The molecule has 1 unspecified atom stereocenters. The van der Waals surface area contributed by atoms with E-state index in [0.29, 0.717) is 18.9 Å². The molecule has 1 atom stereocenters. The predicted octanol–water partition coefficient (Wildman–Crippen LogP) is 1.22. The minimum atomic E-state index is -0.561. The number of hydrogen-bond donors (Lipinski definition) is 1. The van der Waals surface area contributed by atoms with Crippen LogP contribution < -0.4 is 5.32 Å². The molecule has 0 aromatic rings. The van der Waals surface area contributed by atoms with Gasteiger partial charge in [0.15, 0.2) is 0 Å². The Morgan fingerprint density at radius 2 is 2.06 bits per heavy atom. The average Bonchev–Trinajstić information content (AvgIpc) is 2.30. The van der Waals surface area contributed by atoms with Gasteiger partial charge in [-0.15, -0.1) is 12.4 Å². The van der Waals surface area contributed by atoms with Crippen LogP contribution in [0.4, 0.5) is 4.39 Å². The van der Waals surface area contributed by atoms with E-state index in [9.17, 15) is 4.39 Å². The lowest BCUT2D eigenvalue weighted by atomic mass is 10.1. The number of halogens is 2. The third-order valence-electron chi connectivity index (χ3n) is 3.29. The summed E-state index contributed by atoms with van der Waals surface area (Å²) in [6.07, 6.45) is 2.30. The number of rotatable bonds is 3. The normalized spacial score (nSPS) is 28.7. The van der Waals surface area contributed by atoms with Crippen molar-refractivity contribution in [1.29, 1.82) is 0 Å². The quantitative estimate of drug-likeness (QED) is 0.818. The van der Waals surface area contributed by atoms with Crippen molar-refractivity contribution in [1.82, 2.24) is 10.2 Å². The summed E-state index contributed by atoms with van der Waals surface area (Å²) in [5.74, 6) is 0. The molecule has 3 nitrogen and oxygen atoms in total. The molecule has 0 aromatic heterocycles. The van der Waals surface area contributed by atoms with Crippen LogP contribution in [0, 0.1) is 0 Å². The van der Waals surface area contributed by atoms with Crippen molar-refractivity contribution in [3.63, 3.8) is 0 Å². The Bertz CT molecular complexity index is 183. The predicted molar refractivity (Wildman–Crippen MR) is 65.0 cm³/mol. The average molecular weight is 253 g/mol. The third-order valence-corrected chi connectivity index (χ3v) is 3.29. The topological polar surface area (TPSA) is 24.5 Å². The molecule has 2 rings (SSSR count). The van der Waals surface area contributed by atoms with Crippen LogP contribution in [0.15, 0.2) is 0 Å². The maximum Gasteiger partial charge on any atom is 0.103 e. The molecular weight excluding hydrogens is 231 g/mol. The second kappa shape index (κ2) is 7.43. The smallest absolute Gasteiger partial charge is 0.103 e. The molecule has 0 radical (unpaired) electrons. The highest BCUT2D eigenvalue weighted by Crippen LogP contribution is 2.14. The lowest BCUT2D eigenvalue weighted by molar-refractivity contribution is 0.0147. The Kier molecular flexibility index (Phi) is 6.58. The van der Waals surface area contributed by atoms with E-state index in [4.69, 9.17) is 4.74 Å². The highest BCUT2D eigenvalue weighted by molar-refractivity contribution is 5.85. The number of alkyl halides is 1. The fraction of sp³-hybridized carbons (Fsp3) is 1.00. The summed E-state index contributed by atoms with van der Waals surface area (Å²) in [5, 5.41) is 3.33. The van der Waals surface area contributed by atoms with Crippen molar-refractivity contribution in [2.75, 3.05) is 39.3 Å². The molecule has 0 spiro atoms. The number of likely N-dealkylation sites (tertiary alicyclic amines) is 1. The molecule has 2 heterocycles. The van der Waals surface area contributed by atoms with Gasteiger partial charge in [-0.05, 0) is 19.3 Å². The number of piperidine rings is 1. The maximum absolute atomic E-state index is 12.9. The molecule has 2 aliphatic heterocycles. The third kappa shape index (κ3) is 4.53. The first kappa shape index (κ1) is 14.2. The van der Waals surface area contributed by atoms with Crippen molar-refractivity contribution in [2.24, 2.45) is 0 Å². The van der Waals surface area contributed by atoms with E-state index >= 15 is 0 Å². The highest BCUT2D eigenvalue weighted by atomic mass is 35.5. The molecule has 16 heavy (non-hydrogen) atoms. The Labute approximate surface area is 103 Å². The van der Waals surface area contributed by atoms with E-state index < -0.39 is 6.17 Å². The van der Waals surface area contributed by atoms with Gasteiger partial charge < -0.3 is 15.0 Å². The molecule has 1 N–H and O–H groups in total. The first-order chi connectivity index (χ1) is 7.34. The van der Waals surface area contributed by atoms with Gasteiger partial charge >= 0.3 is 0 Å². The SMILES string of the molecule is Cl.FC1CCN(CCC2CNCCO2)CC1. The summed E-state index contributed by atoms with van der Waals surface area (Å²) in [5.41, 5.74) is 0. The van der Waals surface area contributed by atoms with Gasteiger partial charge in [0.05, 0.1) is 12.7 Å². The monoisotopic (exact) mass is 252 g/mol. The van der Waals surface area contributed by atoms with Gasteiger partial charge in [-0.25, -0.2) is 4.39 Å². The lowest BCUT2D eigenvalue weighted by Gasteiger charge is -2.31. The first-order valence-electron chi connectivity index (χ1n) is 6.03. The highest BCUT2D eigenvalue weighted by Gasteiger charge is 2.20. The van der Waals surface area contributed by atoms with Crippen molar-refractivity contribution in [3.05, 3.63) is 0 Å². The zero-order valence-corrected chi connectivity index (χ0v) is 10.5. The Hall–Kier alpha value is 0.1000. The van der Waals surface area contributed by atoms with Crippen LogP contribution in [0.5, 0.6) is 0 Å². The van der Waals surface area contributed by atoms with Gasteiger partial charge in [-0.3, -0.25) is 0 Å². The molecule has 0 aliphatic carbocycles. The number of nitrogens with zero attached hydrogens (tertiary/aromatic N) is 1. The summed E-state index contributed by atoms with van der Waals surface area (Å²) < 4.78 is 18.5. The Morgan fingerprint density at radius 1 is 1.31 bits per heavy atom. The number of nitrogens with one attached hydrogen (secondary N) is 1. The van der Waals surface area contributed by atoms with E-state index in [2.05, 4.69) is 10.2 Å². The molecule has 0 aromatic carbocycles. The standard InChI is InChI=1S/C11H21FN2O.ClH/c12-10-1-5-14(6-2-10)7-3-11-9-13-4-8-15-11;/h10-11,13H,1-9H2;1H. The molecular formula is C11H22ClFN2O. The maximum atomic E-state index is 12.9. The number of ether oxygens (including phenoxy) is 1. The largest absolute Gasteiger partial charge is 0.376 e. The van der Waals surface area contributed by atoms with Gasteiger partial charge in [0.25, 0.3) is 0 Å². The molecule has 5 heteroatoms. The fourth-order valence-corrected chi connectivity index (χ4v) is 2.26. The zero-order chi connectivity index (χ0) is 10.5. The van der Waals surface area contributed by atoms with Crippen molar-refractivity contribution < 1.29 is 9.13 Å². The van der Waals surface area contributed by atoms with Crippen molar-refractivity contribution >= 4 is 12.4 Å². The molecule has 0 amide bonds.